The van der Waals surface area contributed by atoms with Gasteiger partial charge in [0.1, 0.15) is 12.4 Å². The number of ether oxygens (including phenoxy) is 2. The third kappa shape index (κ3) is 4.79. The van der Waals surface area contributed by atoms with E-state index in [9.17, 15) is 4.79 Å². The number of aryl methyl sites for hydroxylation is 2. The summed E-state index contributed by atoms with van der Waals surface area (Å²) in [4.78, 5) is 16.2. The number of rotatable bonds is 7. The van der Waals surface area contributed by atoms with Gasteiger partial charge in [-0.3, -0.25) is 9.78 Å². The molecule has 0 saturated carbocycles. The zero-order valence-corrected chi connectivity index (χ0v) is 13.8. The Morgan fingerprint density at radius 2 is 2.00 bits per heavy atom. The fourth-order valence-electron chi connectivity index (χ4n) is 2.32. The molecule has 0 atom stereocenters. The number of nitrogens with one attached hydrogen (secondary N) is 1. The van der Waals surface area contributed by atoms with Gasteiger partial charge < -0.3 is 14.8 Å². The molecule has 0 aliphatic heterocycles. The molecule has 0 saturated heterocycles. The minimum atomic E-state index is -0.105. The van der Waals surface area contributed by atoms with E-state index in [-0.39, 0.29) is 5.91 Å². The minimum Gasteiger partial charge on any atom is -0.488 e. The Bertz CT molecular complexity index is 634. The summed E-state index contributed by atoms with van der Waals surface area (Å²) in [6, 6.07) is 7.53. The fraction of sp³-hybridized carbons (Fsp3) is 0.333. The largest absolute Gasteiger partial charge is 0.488 e. The number of hydrogen-bond acceptors (Lipinski definition) is 4. The molecule has 23 heavy (non-hydrogen) atoms. The minimum absolute atomic E-state index is 0.105. The van der Waals surface area contributed by atoms with Crippen molar-refractivity contribution in [2.45, 2.75) is 20.5 Å². The summed E-state index contributed by atoms with van der Waals surface area (Å²) in [5, 5.41) is 2.82. The van der Waals surface area contributed by atoms with Crippen LogP contribution in [0.15, 0.2) is 36.7 Å². The molecule has 0 radical (unpaired) electrons. The fourth-order valence-corrected chi connectivity index (χ4v) is 2.32. The van der Waals surface area contributed by atoms with E-state index >= 15 is 0 Å². The first-order chi connectivity index (χ1) is 11.1. The molecule has 0 spiro atoms. The smallest absolute Gasteiger partial charge is 0.251 e. The summed E-state index contributed by atoms with van der Waals surface area (Å²) in [5.74, 6) is 0.703. The second kappa shape index (κ2) is 8.29. The number of amides is 1. The van der Waals surface area contributed by atoms with Crippen molar-refractivity contribution in [3.05, 3.63) is 58.9 Å². The van der Waals surface area contributed by atoms with E-state index in [0.29, 0.717) is 25.3 Å². The molecule has 1 amide bonds. The molecule has 2 aromatic rings. The van der Waals surface area contributed by atoms with Gasteiger partial charge in [-0.2, -0.15) is 0 Å². The van der Waals surface area contributed by atoms with Crippen LogP contribution in [0.4, 0.5) is 0 Å². The van der Waals surface area contributed by atoms with Crippen LogP contribution in [0.5, 0.6) is 5.75 Å². The first-order valence-corrected chi connectivity index (χ1v) is 7.52. The molecule has 5 heteroatoms. The molecule has 122 valence electrons. The van der Waals surface area contributed by atoms with Gasteiger partial charge in [0.15, 0.2) is 0 Å². The van der Waals surface area contributed by atoms with Crippen LogP contribution >= 0.6 is 0 Å². The lowest BCUT2D eigenvalue weighted by Crippen LogP contribution is -2.27. The molecule has 1 aromatic carbocycles. The van der Waals surface area contributed by atoms with Crippen molar-refractivity contribution in [2.24, 2.45) is 0 Å². The Morgan fingerprint density at radius 3 is 2.61 bits per heavy atom. The van der Waals surface area contributed by atoms with Crippen molar-refractivity contribution < 1.29 is 14.3 Å². The van der Waals surface area contributed by atoms with Crippen LogP contribution in [0.1, 0.15) is 27.0 Å². The second-order valence-electron chi connectivity index (χ2n) is 5.34. The van der Waals surface area contributed by atoms with Crippen LogP contribution in [0.3, 0.4) is 0 Å². The monoisotopic (exact) mass is 314 g/mol. The maximum absolute atomic E-state index is 12.1. The maximum Gasteiger partial charge on any atom is 0.251 e. The van der Waals surface area contributed by atoms with Crippen LogP contribution in [-0.4, -0.2) is 31.2 Å². The van der Waals surface area contributed by atoms with E-state index in [0.717, 1.165) is 22.4 Å². The van der Waals surface area contributed by atoms with Crippen molar-refractivity contribution >= 4 is 5.91 Å². The molecule has 1 aromatic heterocycles. The van der Waals surface area contributed by atoms with Crippen LogP contribution in [0.2, 0.25) is 0 Å². The molecule has 0 unspecified atom stereocenters. The van der Waals surface area contributed by atoms with Gasteiger partial charge in [0.25, 0.3) is 5.91 Å². The molecule has 0 bridgehead atoms. The van der Waals surface area contributed by atoms with Crippen molar-refractivity contribution in [3.8, 4) is 5.75 Å². The molecule has 5 nitrogen and oxygen atoms in total. The van der Waals surface area contributed by atoms with E-state index in [4.69, 9.17) is 9.47 Å². The quantitative estimate of drug-likeness (QED) is 0.798. The highest BCUT2D eigenvalue weighted by Crippen LogP contribution is 2.25. The van der Waals surface area contributed by atoms with E-state index in [1.54, 1.807) is 19.5 Å². The molecule has 2 rings (SSSR count). The van der Waals surface area contributed by atoms with Gasteiger partial charge in [-0.25, -0.2) is 0 Å². The van der Waals surface area contributed by atoms with Gasteiger partial charge in [-0.15, -0.1) is 0 Å². The number of pyridine rings is 1. The van der Waals surface area contributed by atoms with Crippen molar-refractivity contribution in [2.75, 3.05) is 20.3 Å². The van der Waals surface area contributed by atoms with E-state index in [1.807, 2.05) is 38.1 Å². The number of methoxy groups -OCH3 is 1. The molecular formula is C18H22N2O3. The second-order valence-corrected chi connectivity index (χ2v) is 5.34. The van der Waals surface area contributed by atoms with E-state index < -0.39 is 0 Å². The lowest BCUT2D eigenvalue weighted by molar-refractivity contribution is 0.0937. The normalized spacial score (nSPS) is 10.4. The zero-order chi connectivity index (χ0) is 16.7. The molecule has 0 fully saturated rings. The van der Waals surface area contributed by atoms with Gasteiger partial charge in [-0.1, -0.05) is 6.07 Å². The van der Waals surface area contributed by atoms with Gasteiger partial charge in [0.05, 0.1) is 6.61 Å². The third-order valence-corrected chi connectivity index (χ3v) is 3.42. The Hall–Kier alpha value is -2.40. The highest BCUT2D eigenvalue weighted by molar-refractivity contribution is 5.94. The van der Waals surface area contributed by atoms with Crippen LogP contribution in [0.25, 0.3) is 0 Å². The Kier molecular flexibility index (Phi) is 6.11. The first-order valence-electron chi connectivity index (χ1n) is 7.52. The van der Waals surface area contributed by atoms with Crippen molar-refractivity contribution in [1.29, 1.82) is 0 Å². The average molecular weight is 314 g/mol. The number of carbonyl (C=O) groups excluding carboxylic acids is 1. The first kappa shape index (κ1) is 17.0. The number of aromatic nitrogens is 1. The summed E-state index contributed by atoms with van der Waals surface area (Å²) in [7, 11) is 1.61. The van der Waals surface area contributed by atoms with Gasteiger partial charge >= 0.3 is 0 Å². The van der Waals surface area contributed by atoms with Crippen LogP contribution in [-0.2, 0) is 11.3 Å². The summed E-state index contributed by atoms with van der Waals surface area (Å²) in [6.45, 7) is 5.33. The predicted molar refractivity (Wildman–Crippen MR) is 88.7 cm³/mol. The number of carbonyl (C=O) groups is 1. The third-order valence-electron chi connectivity index (χ3n) is 3.42. The highest BCUT2D eigenvalue weighted by Gasteiger charge is 2.11. The van der Waals surface area contributed by atoms with Crippen LogP contribution < -0.4 is 10.1 Å². The summed E-state index contributed by atoms with van der Waals surface area (Å²) in [5.41, 5.74) is 3.51. The predicted octanol–water partition coefficient (Wildman–Crippen LogP) is 2.65. The SMILES string of the molecule is COCCNC(=O)c1cc(C)c(OCc2cccnc2)c(C)c1. The Balaban J connectivity index is 2.06. The van der Waals surface area contributed by atoms with Crippen molar-refractivity contribution in [1.82, 2.24) is 10.3 Å². The number of hydrogen-bond donors (Lipinski definition) is 1. The average Bonchev–Trinajstić information content (AvgIpc) is 2.55. The van der Waals surface area contributed by atoms with Gasteiger partial charge in [-0.05, 0) is 43.2 Å². The standard InChI is InChI=1S/C18H22N2O3/c1-13-9-16(18(21)20-7-8-22-3)10-14(2)17(13)23-12-15-5-4-6-19-11-15/h4-6,9-11H,7-8,12H2,1-3H3,(H,20,21). The topological polar surface area (TPSA) is 60.5 Å². The molecule has 1 heterocycles. The van der Waals surface area contributed by atoms with E-state index in [1.165, 1.54) is 0 Å². The maximum atomic E-state index is 12.1. The molecule has 0 aliphatic carbocycles. The number of benzene rings is 1. The molecule has 0 aliphatic rings. The lowest BCUT2D eigenvalue weighted by atomic mass is 10.0. The Morgan fingerprint density at radius 1 is 1.26 bits per heavy atom. The van der Waals surface area contributed by atoms with Crippen molar-refractivity contribution in [3.63, 3.8) is 0 Å². The van der Waals surface area contributed by atoms with Crippen LogP contribution in [0, 0.1) is 13.8 Å². The molecular weight excluding hydrogens is 292 g/mol. The van der Waals surface area contributed by atoms with Gasteiger partial charge in [0, 0.05) is 37.2 Å². The van der Waals surface area contributed by atoms with Gasteiger partial charge in [0.2, 0.25) is 0 Å². The Labute approximate surface area is 136 Å². The summed E-state index contributed by atoms with van der Waals surface area (Å²) >= 11 is 0. The highest BCUT2D eigenvalue weighted by atomic mass is 16.5. The summed E-state index contributed by atoms with van der Waals surface area (Å²) in [6.07, 6.45) is 3.51. The van der Waals surface area contributed by atoms with E-state index in [2.05, 4.69) is 10.3 Å². The summed E-state index contributed by atoms with van der Waals surface area (Å²) < 4.78 is 10.8. The number of nitrogens with zero attached hydrogens (tertiary/aromatic N) is 1. The molecule has 1 N–H and O–H groups in total. The zero-order valence-electron chi connectivity index (χ0n) is 13.8. The lowest BCUT2D eigenvalue weighted by Gasteiger charge is -2.14.